The van der Waals surface area contributed by atoms with Crippen molar-refractivity contribution in [3.63, 3.8) is 0 Å². The number of thiocarbonyl (C=S) groups is 1. The summed E-state index contributed by atoms with van der Waals surface area (Å²) in [6, 6.07) is 6.07. The Labute approximate surface area is 120 Å². The smallest absolute Gasteiger partial charge is 0.129 e. The average molecular weight is 279 g/mol. The van der Waals surface area contributed by atoms with Crippen molar-refractivity contribution in [1.82, 2.24) is 9.80 Å². The van der Waals surface area contributed by atoms with Crippen LogP contribution in [0, 0.1) is 0 Å². The van der Waals surface area contributed by atoms with Crippen molar-refractivity contribution in [3.05, 3.63) is 29.3 Å². The lowest BCUT2D eigenvalue weighted by Crippen LogP contribution is -2.43. The van der Waals surface area contributed by atoms with Gasteiger partial charge < -0.3 is 15.4 Å². The molecule has 1 aromatic carbocycles. The van der Waals surface area contributed by atoms with Gasteiger partial charge in [0, 0.05) is 32.7 Å². The van der Waals surface area contributed by atoms with Gasteiger partial charge in [-0.1, -0.05) is 18.3 Å². The Kier molecular flexibility index (Phi) is 4.74. The van der Waals surface area contributed by atoms with E-state index in [0.29, 0.717) is 4.99 Å². The molecule has 1 aliphatic rings. The van der Waals surface area contributed by atoms with Crippen molar-refractivity contribution in [2.24, 2.45) is 5.73 Å². The Bertz CT molecular complexity index is 456. The van der Waals surface area contributed by atoms with Gasteiger partial charge in [-0.3, -0.25) is 4.90 Å². The lowest BCUT2D eigenvalue weighted by atomic mass is 10.1. The SMILES string of the molecule is COc1ccc(CN2CCN(C)CC2)cc1C(N)=S. The number of nitrogens with zero attached hydrogens (tertiary/aromatic N) is 2. The number of ether oxygens (including phenoxy) is 1. The first-order chi connectivity index (χ1) is 9.10. The number of nitrogens with two attached hydrogens (primary N) is 1. The highest BCUT2D eigenvalue weighted by Crippen LogP contribution is 2.21. The second-order valence-electron chi connectivity index (χ2n) is 4.98. The number of piperazine rings is 1. The zero-order valence-corrected chi connectivity index (χ0v) is 12.4. The van der Waals surface area contributed by atoms with E-state index in [9.17, 15) is 0 Å². The van der Waals surface area contributed by atoms with Crippen molar-refractivity contribution in [1.29, 1.82) is 0 Å². The predicted molar refractivity (Wildman–Crippen MR) is 81.7 cm³/mol. The van der Waals surface area contributed by atoms with E-state index in [1.807, 2.05) is 12.1 Å². The van der Waals surface area contributed by atoms with Crippen LogP contribution in [0.5, 0.6) is 5.75 Å². The summed E-state index contributed by atoms with van der Waals surface area (Å²) in [5.41, 5.74) is 7.79. The lowest BCUT2D eigenvalue weighted by molar-refractivity contribution is 0.148. The minimum atomic E-state index is 0.386. The van der Waals surface area contributed by atoms with Crippen LogP contribution in [-0.2, 0) is 6.54 Å². The lowest BCUT2D eigenvalue weighted by Gasteiger charge is -2.32. The second kappa shape index (κ2) is 6.32. The number of likely N-dealkylation sites (N-methyl/N-ethyl adjacent to an activating group) is 1. The van der Waals surface area contributed by atoms with Gasteiger partial charge in [-0.15, -0.1) is 0 Å². The summed E-state index contributed by atoms with van der Waals surface area (Å²) in [4.78, 5) is 5.19. The number of hydrogen-bond acceptors (Lipinski definition) is 4. The molecule has 104 valence electrons. The highest BCUT2D eigenvalue weighted by atomic mass is 32.1. The summed E-state index contributed by atoms with van der Waals surface area (Å²) in [5, 5.41) is 0. The standard InChI is InChI=1S/C14H21N3OS/c1-16-5-7-17(8-6-16)10-11-3-4-13(18-2)12(9-11)14(15)19/h3-4,9H,5-8,10H2,1-2H3,(H2,15,19). The zero-order valence-electron chi connectivity index (χ0n) is 11.6. The normalized spacial score (nSPS) is 17.4. The molecule has 0 aromatic heterocycles. The van der Waals surface area contributed by atoms with Gasteiger partial charge >= 0.3 is 0 Å². The van der Waals surface area contributed by atoms with E-state index in [1.165, 1.54) is 5.56 Å². The fourth-order valence-electron chi connectivity index (χ4n) is 2.31. The molecule has 0 spiro atoms. The minimum absolute atomic E-state index is 0.386. The van der Waals surface area contributed by atoms with E-state index in [4.69, 9.17) is 22.7 Å². The van der Waals surface area contributed by atoms with Gasteiger partial charge in [-0.05, 0) is 24.7 Å². The Hall–Kier alpha value is -1.17. The van der Waals surface area contributed by atoms with Gasteiger partial charge in [-0.2, -0.15) is 0 Å². The number of rotatable bonds is 4. The van der Waals surface area contributed by atoms with Crippen LogP contribution in [0.25, 0.3) is 0 Å². The summed E-state index contributed by atoms with van der Waals surface area (Å²) in [5.74, 6) is 0.745. The highest BCUT2D eigenvalue weighted by Gasteiger charge is 2.15. The summed E-state index contributed by atoms with van der Waals surface area (Å²) < 4.78 is 5.28. The average Bonchev–Trinajstić information content (AvgIpc) is 2.41. The first kappa shape index (κ1) is 14.2. The molecule has 0 radical (unpaired) electrons. The quantitative estimate of drug-likeness (QED) is 0.835. The van der Waals surface area contributed by atoms with Crippen molar-refractivity contribution in [3.8, 4) is 5.75 Å². The molecule has 1 aromatic rings. The topological polar surface area (TPSA) is 41.7 Å². The Balaban J connectivity index is 2.08. The maximum Gasteiger partial charge on any atom is 0.129 e. The van der Waals surface area contributed by atoms with E-state index in [1.54, 1.807) is 7.11 Å². The molecule has 2 N–H and O–H groups in total. The molecule has 1 fully saturated rings. The molecule has 2 rings (SSSR count). The predicted octanol–water partition coefficient (Wildman–Crippen LogP) is 1.08. The molecule has 0 aliphatic carbocycles. The van der Waals surface area contributed by atoms with Gasteiger partial charge in [0.2, 0.25) is 0 Å². The van der Waals surface area contributed by atoms with Gasteiger partial charge in [0.05, 0.1) is 12.7 Å². The van der Waals surface area contributed by atoms with Crippen LogP contribution in [0.4, 0.5) is 0 Å². The number of hydrogen-bond donors (Lipinski definition) is 1. The molecule has 1 saturated heterocycles. The molecule has 0 atom stereocenters. The van der Waals surface area contributed by atoms with Gasteiger partial charge in [0.15, 0.2) is 0 Å². The molecule has 0 amide bonds. The van der Waals surface area contributed by atoms with Crippen LogP contribution in [0.15, 0.2) is 18.2 Å². The van der Waals surface area contributed by atoms with Crippen LogP contribution in [-0.4, -0.2) is 55.1 Å². The molecule has 1 aliphatic heterocycles. The monoisotopic (exact) mass is 279 g/mol. The minimum Gasteiger partial charge on any atom is -0.496 e. The molecule has 19 heavy (non-hydrogen) atoms. The van der Waals surface area contributed by atoms with Crippen molar-refractivity contribution < 1.29 is 4.74 Å². The van der Waals surface area contributed by atoms with Crippen molar-refractivity contribution in [2.45, 2.75) is 6.54 Å². The van der Waals surface area contributed by atoms with E-state index < -0.39 is 0 Å². The van der Waals surface area contributed by atoms with Gasteiger partial charge in [0.25, 0.3) is 0 Å². The Morgan fingerprint density at radius 2 is 2.00 bits per heavy atom. The Morgan fingerprint density at radius 3 is 2.58 bits per heavy atom. The molecule has 5 heteroatoms. The highest BCUT2D eigenvalue weighted by molar-refractivity contribution is 7.80. The summed E-state index contributed by atoms with van der Waals surface area (Å²) >= 11 is 5.07. The largest absolute Gasteiger partial charge is 0.496 e. The van der Waals surface area contributed by atoms with Crippen molar-refractivity contribution in [2.75, 3.05) is 40.3 Å². The summed E-state index contributed by atoms with van der Waals surface area (Å²) in [6.07, 6.45) is 0. The Morgan fingerprint density at radius 1 is 1.32 bits per heavy atom. The van der Waals surface area contributed by atoms with Crippen molar-refractivity contribution >= 4 is 17.2 Å². The van der Waals surface area contributed by atoms with Gasteiger partial charge in [0.1, 0.15) is 10.7 Å². The zero-order chi connectivity index (χ0) is 13.8. The molecule has 4 nitrogen and oxygen atoms in total. The van der Waals surface area contributed by atoms with Crippen LogP contribution in [0.1, 0.15) is 11.1 Å². The third-order valence-electron chi connectivity index (χ3n) is 3.53. The molecule has 1 heterocycles. The summed E-state index contributed by atoms with van der Waals surface area (Å²) in [6.45, 7) is 5.39. The number of methoxy groups -OCH3 is 1. The van der Waals surface area contributed by atoms with Gasteiger partial charge in [-0.25, -0.2) is 0 Å². The fourth-order valence-corrected chi connectivity index (χ4v) is 2.47. The molecular weight excluding hydrogens is 258 g/mol. The van der Waals surface area contributed by atoms with E-state index in [0.717, 1.165) is 44.0 Å². The van der Waals surface area contributed by atoms with Crippen LogP contribution in [0.2, 0.25) is 0 Å². The third kappa shape index (κ3) is 3.65. The van der Waals surface area contributed by atoms with E-state index in [-0.39, 0.29) is 0 Å². The van der Waals surface area contributed by atoms with Crippen LogP contribution < -0.4 is 10.5 Å². The first-order valence-electron chi connectivity index (χ1n) is 6.48. The first-order valence-corrected chi connectivity index (χ1v) is 6.88. The van der Waals surface area contributed by atoms with E-state index >= 15 is 0 Å². The van der Waals surface area contributed by atoms with Crippen LogP contribution >= 0.6 is 12.2 Å². The fraction of sp³-hybridized carbons (Fsp3) is 0.500. The molecule has 0 unspecified atom stereocenters. The summed E-state index contributed by atoms with van der Waals surface area (Å²) in [7, 11) is 3.80. The maximum atomic E-state index is 5.74. The van der Waals surface area contributed by atoms with Crippen LogP contribution in [0.3, 0.4) is 0 Å². The molecule has 0 saturated carbocycles. The third-order valence-corrected chi connectivity index (χ3v) is 3.75. The molecular formula is C14H21N3OS. The second-order valence-corrected chi connectivity index (χ2v) is 5.42. The maximum absolute atomic E-state index is 5.74. The molecule has 0 bridgehead atoms. The number of benzene rings is 1. The van der Waals surface area contributed by atoms with E-state index in [2.05, 4.69) is 22.9 Å².